The van der Waals surface area contributed by atoms with Gasteiger partial charge < -0.3 is 16.0 Å². The number of pyridine rings is 1. The van der Waals surface area contributed by atoms with Gasteiger partial charge >= 0.3 is 0 Å². The van der Waals surface area contributed by atoms with Crippen molar-refractivity contribution >= 4 is 35.0 Å². The lowest BCUT2D eigenvalue weighted by molar-refractivity contribution is 0.102. The fourth-order valence-electron chi connectivity index (χ4n) is 5.83. The molecule has 3 N–H and O–H groups in total. The summed E-state index contributed by atoms with van der Waals surface area (Å²) in [6.07, 6.45) is 5.94. The Morgan fingerprint density at radius 3 is 2.53 bits per heavy atom. The van der Waals surface area contributed by atoms with E-state index in [0.717, 1.165) is 78.5 Å². The van der Waals surface area contributed by atoms with Gasteiger partial charge in [0.15, 0.2) is 0 Å². The highest BCUT2D eigenvalue weighted by Crippen LogP contribution is 2.38. The van der Waals surface area contributed by atoms with Gasteiger partial charge in [0.25, 0.3) is 5.91 Å². The van der Waals surface area contributed by atoms with E-state index in [-0.39, 0.29) is 18.3 Å². The second-order valence-corrected chi connectivity index (χ2v) is 11.4. The van der Waals surface area contributed by atoms with E-state index in [9.17, 15) is 9.18 Å². The molecular formula is C34H42FN7O. The van der Waals surface area contributed by atoms with Crippen LogP contribution in [-0.2, 0) is 12.8 Å². The zero-order valence-corrected chi connectivity index (χ0v) is 25.6. The van der Waals surface area contributed by atoms with Crippen LogP contribution in [0.5, 0.6) is 0 Å². The van der Waals surface area contributed by atoms with Gasteiger partial charge in [-0.15, -0.1) is 0 Å². The second-order valence-electron chi connectivity index (χ2n) is 11.4. The zero-order valence-electron chi connectivity index (χ0n) is 25.6. The molecule has 0 atom stereocenters. The number of rotatable bonds is 9. The summed E-state index contributed by atoms with van der Waals surface area (Å²) in [6, 6.07) is 14.8. The molecule has 0 spiro atoms. The summed E-state index contributed by atoms with van der Waals surface area (Å²) in [7, 11) is 0. The van der Waals surface area contributed by atoms with Crippen molar-refractivity contribution in [2.45, 2.75) is 53.0 Å². The molecule has 226 valence electrons. The standard InChI is InChI=1S/C34H42FN7O/c1-5-25-22-37-32(41-18-16-40(17-19-41)23(2)3)21-31(25)34(43)39-28-11-8-26-7-6-24(4)33(30(26)20-28)42(38-15-14-36)29-12-9-27(35)10-13-29/h8-13,15,20-23H,5-7,14,16-19,36H2,1-4H3,(H,39,43)/b38-15+. The summed E-state index contributed by atoms with van der Waals surface area (Å²) in [5.74, 6) is 0.371. The number of piperazine rings is 1. The first-order valence-corrected chi connectivity index (χ1v) is 15.2. The zero-order chi connectivity index (χ0) is 30.5. The Kier molecular flexibility index (Phi) is 9.52. The summed E-state index contributed by atoms with van der Waals surface area (Å²) in [4.78, 5) is 23.2. The molecule has 0 saturated carbocycles. The van der Waals surface area contributed by atoms with Gasteiger partial charge in [-0.2, -0.15) is 5.10 Å². The molecule has 1 amide bonds. The fourth-order valence-corrected chi connectivity index (χ4v) is 5.83. The van der Waals surface area contributed by atoms with Crippen molar-refractivity contribution in [3.63, 3.8) is 0 Å². The Morgan fingerprint density at radius 1 is 1.12 bits per heavy atom. The molecule has 5 rings (SSSR count). The van der Waals surface area contributed by atoms with E-state index in [2.05, 4.69) is 47.1 Å². The number of nitrogens with zero attached hydrogens (tertiary/aromatic N) is 5. The molecular weight excluding hydrogens is 541 g/mol. The number of carbonyl (C=O) groups excluding carboxylic acids is 1. The quantitative estimate of drug-likeness (QED) is 0.248. The Bertz CT molecular complexity index is 1510. The van der Waals surface area contributed by atoms with E-state index in [1.165, 1.54) is 12.1 Å². The van der Waals surface area contributed by atoms with Crippen LogP contribution in [0.2, 0.25) is 0 Å². The summed E-state index contributed by atoms with van der Waals surface area (Å²) in [5, 5.41) is 9.62. The lowest BCUT2D eigenvalue weighted by atomic mass is 9.89. The van der Waals surface area contributed by atoms with Crippen molar-refractivity contribution in [3.8, 4) is 0 Å². The van der Waals surface area contributed by atoms with Crippen LogP contribution in [0, 0.1) is 5.82 Å². The molecule has 2 aliphatic rings. The number of benzene rings is 2. The van der Waals surface area contributed by atoms with Crippen molar-refractivity contribution in [1.82, 2.24) is 9.88 Å². The van der Waals surface area contributed by atoms with Gasteiger partial charge in [-0.3, -0.25) is 9.69 Å². The van der Waals surface area contributed by atoms with Gasteiger partial charge in [-0.05, 0) is 99.2 Å². The molecule has 1 aliphatic carbocycles. The minimum atomic E-state index is -0.310. The molecule has 1 saturated heterocycles. The number of nitrogens with two attached hydrogens (primary N) is 1. The number of hydrogen-bond donors (Lipinski definition) is 2. The van der Waals surface area contributed by atoms with E-state index in [4.69, 9.17) is 10.7 Å². The third-order valence-corrected chi connectivity index (χ3v) is 8.35. The van der Waals surface area contributed by atoms with E-state index in [1.807, 2.05) is 36.3 Å². The van der Waals surface area contributed by atoms with Gasteiger partial charge in [0.2, 0.25) is 0 Å². The van der Waals surface area contributed by atoms with Crippen LogP contribution in [0.15, 0.2) is 65.4 Å². The topological polar surface area (TPSA) is 90.1 Å². The van der Waals surface area contributed by atoms with Gasteiger partial charge in [0.05, 0.1) is 11.4 Å². The van der Waals surface area contributed by atoms with Crippen LogP contribution in [0.4, 0.5) is 21.6 Å². The Morgan fingerprint density at radius 2 is 1.86 bits per heavy atom. The van der Waals surface area contributed by atoms with E-state index >= 15 is 0 Å². The lowest BCUT2D eigenvalue weighted by Crippen LogP contribution is -2.49. The smallest absolute Gasteiger partial charge is 0.256 e. The molecule has 0 radical (unpaired) electrons. The van der Waals surface area contributed by atoms with Crippen LogP contribution in [0.3, 0.4) is 0 Å². The predicted molar refractivity (Wildman–Crippen MR) is 174 cm³/mol. The number of fused-ring (bicyclic) bond motifs is 1. The summed E-state index contributed by atoms with van der Waals surface area (Å²) >= 11 is 0. The average Bonchev–Trinajstić information content (AvgIpc) is 3.02. The molecule has 3 aromatic rings. The minimum Gasteiger partial charge on any atom is -0.354 e. The number of amides is 1. The Balaban J connectivity index is 1.43. The summed E-state index contributed by atoms with van der Waals surface area (Å²) in [5.41, 5.74) is 13.0. The number of nitrogens with one attached hydrogen (secondary N) is 1. The number of hydrogen-bond acceptors (Lipinski definition) is 7. The first-order chi connectivity index (χ1) is 20.8. The fraction of sp³-hybridized carbons (Fsp3) is 0.382. The molecule has 1 aliphatic heterocycles. The lowest BCUT2D eigenvalue weighted by Gasteiger charge is -2.37. The maximum absolute atomic E-state index is 13.8. The predicted octanol–water partition coefficient (Wildman–Crippen LogP) is 5.69. The molecule has 1 aromatic heterocycles. The second kappa shape index (κ2) is 13.5. The Hall–Kier alpha value is -4.08. The SMILES string of the molecule is CCc1cnc(N2CCN(C(C)C)CC2)cc1C(=O)Nc1ccc2c(c1)C(N(/N=C/CN)c1ccc(F)cc1)=C(C)CC2. The number of aryl methyl sites for hydroxylation is 2. The van der Waals surface area contributed by atoms with Gasteiger partial charge in [-0.1, -0.05) is 13.0 Å². The van der Waals surface area contributed by atoms with E-state index in [1.54, 1.807) is 18.3 Å². The van der Waals surface area contributed by atoms with Crippen LogP contribution in [0.25, 0.3) is 5.70 Å². The first kappa shape index (κ1) is 30.4. The normalized spacial score (nSPS) is 15.7. The summed E-state index contributed by atoms with van der Waals surface area (Å²) < 4.78 is 13.8. The highest BCUT2D eigenvalue weighted by atomic mass is 19.1. The van der Waals surface area contributed by atoms with E-state index in [0.29, 0.717) is 23.7 Å². The van der Waals surface area contributed by atoms with Crippen molar-refractivity contribution < 1.29 is 9.18 Å². The molecule has 1 fully saturated rings. The van der Waals surface area contributed by atoms with Crippen molar-refractivity contribution in [2.24, 2.45) is 10.8 Å². The molecule has 8 nitrogen and oxygen atoms in total. The highest BCUT2D eigenvalue weighted by molar-refractivity contribution is 6.06. The molecule has 0 unspecified atom stereocenters. The Labute approximate surface area is 254 Å². The van der Waals surface area contributed by atoms with Crippen molar-refractivity contribution in [2.75, 3.05) is 47.9 Å². The van der Waals surface area contributed by atoms with Crippen LogP contribution in [0.1, 0.15) is 61.2 Å². The minimum absolute atomic E-state index is 0.157. The molecule has 2 aromatic carbocycles. The van der Waals surface area contributed by atoms with Crippen molar-refractivity contribution in [1.29, 1.82) is 0 Å². The highest BCUT2D eigenvalue weighted by Gasteiger charge is 2.25. The molecule has 0 bridgehead atoms. The number of allylic oxidation sites excluding steroid dienone is 1. The van der Waals surface area contributed by atoms with Crippen molar-refractivity contribution in [3.05, 3.63) is 88.4 Å². The molecule has 43 heavy (non-hydrogen) atoms. The van der Waals surface area contributed by atoms with Gasteiger partial charge in [0.1, 0.15) is 11.6 Å². The number of anilines is 3. The van der Waals surface area contributed by atoms with Gasteiger partial charge in [-0.25, -0.2) is 14.4 Å². The van der Waals surface area contributed by atoms with Crippen LogP contribution < -0.4 is 21.0 Å². The maximum atomic E-state index is 13.8. The summed E-state index contributed by atoms with van der Waals surface area (Å²) in [6.45, 7) is 12.6. The van der Waals surface area contributed by atoms with Gasteiger partial charge in [0, 0.05) is 68.0 Å². The third-order valence-electron chi connectivity index (χ3n) is 8.35. The van der Waals surface area contributed by atoms with E-state index < -0.39 is 0 Å². The largest absolute Gasteiger partial charge is 0.354 e. The van der Waals surface area contributed by atoms with Crippen LogP contribution in [-0.4, -0.2) is 60.8 Å². The third kappa shape index (κ3) is 6.78. The number of aromatic nitrogens is 1. The monoisotopic (exact) mass is 583 g/mol. The molecule has 2 heterocycles. The first-order valence-electron chi connectivity index (χ1n) is 15.2. The maximum Gasteiger partial charge on any atom is 0.256 e. The average molecular weight is 584 g/mol. The number of carbonyl (C=O) groups is 1. The number of hydrazone groups is 1. The molecule has 9 heteroatoms. The van der Waals surface area contributed by atoms with Crippen LogP contribution >= 0.6 is 0 Å². The number of halogens is 1.